The molecule has 1 saturated carbocycles. The van der Waals surface area contributed by atoms with E-state index in [4.69, 9.17) is 0 Å². The molecule has 3 rings (SSSR count). The zero-order chi connectivity index (χ0) is 13.4. The van der Waals surface area contributed by atoms with Crippen LogP contribution in [0, 0.1) is 0 Å². The van der Waals surface area contributed by atoms with Crippen LogP contribution in [0.3, 0.4) is 0 Å². The number of nitrogens with zero attached hydrogens (tertiary/aromatic N) is 4. The molecule has 2 aromatic rings. The minimum absolute atomic E-state index is 0.492. The van der Waals surface area contributed by atoms with Crippen LogP contribution in [0.4, 0.5) is 5.95 Å². The average Bonchev–Trinajstić information content (AvgIpc) is 3.16. The molecule has 2 aromatic heterocycles. The predicted octanol–water partition coefficient (Wildman–Crippen LogP) is 2.39. The molecule has 1 aliphatic rings. The van der Waals surface area contributed by atoms with Crippen LogP contribution in [0.5, 0.6) is 0 Å². The third-order valence-electron chi connectivity index (χ3n) is 3.67. The minimum Gasteiger partial charge on any atom is -0.351 e. The Labute approximate surface area is 121 Å². The van der Waals surface area contributed by atoms with Gasteiger partial charge in [0, 0.05) is 29.3 Å². The Kier molecular flexibility index (Phi) is 3.45. The lowest BCUT2D eigenvalue weighted by Gasteiger charge is -2.24. The van der Waals surface area contributed by atoms with Crippen molar-refractivity contribution in [3.05, 3.63) is 22.8 Å². The first kappa shape index (κ1) is 12.9. The lowest BCUT2D eigenvalue weighted by atomic mass is 10.3. The molecule has 1 aliphatic carbocycles. The fourth-order valence-electron chi connectivity index (χ4n) is 2.16. The maximum absolute atomic E-state index is 4.45. The molecule has 1 N–H and O–H groups in total. The van der Waals surface area contributed by atoms with Crippen molar-refractivity contribution in [1.29, 1.82) is 0 Å². The molecular weight excluding hydrogens is 306 g/mol. The van der Waals surface area contributed by atoms with Gasteiger partial charge in [-0.25, -0.2) is 4.52 Å². The topological polar surface area (TPSA) is 45.5 Å². The van der Waals surface area contributed by atoms with Crippen LogP contribution >= 0.6 is 15.9 Å². The number of rotatable bonds is 5. The van der Waals surface area contributed by atoms with E-state index in [1.54, 1.807) is 4.52 Å². The predicted molar refractivity (Wildman–Crippen MR) is 79.4 cm³/mol. The van der Waals surface area contributed by atoms with Gasteiger partial charge in [0.25, 0.3) is 0 Å². The molecule has 102 valence electrons. The fraction of sp³-hybridized carbons (Fsp3) is 0.538. The highest BCUT2D eigenvalue weighted by Gasteiger charge is 2.28. The second kappa shape index (κ2) is 5.09. The van der Waals surface area contributed by atoms with Gasteiger partial charge >= 0.3 is 0 Å². The largest absolute Gasteiger partial charge is 0.351 e. The van der Waals surface area contributed by atoms with Crippen molar-refractivity contribution in [3.8, 4) is 0 Å². The van der Waals surface area contributed by atoms with Gasteiger partial charge in [-0.15, -0.1) is 5.10 Å². The highest BCUT2D eigenvalue weighted by atomic mass is 79.9. The SMILES string of the molecule is CC(CNc1nc2ccc(Br)cn2n1)N(C)C1CC1. The minimum atomic E-state index is 0.492. The van der Waals surface area contributed by atoms with Crippen LogP contribution in [-0.2, 0) is 0 Å². The van der Waals surface area contributed by atoms with Gasteiger partial charge in [-0.05, 0) is 54.9 Å². The number of anilines is 1. The summed E-state index contributed by atoms with van der Waals surface area (Å²) in [6, 6.07) is 5.19. The van der Waals surface area contributed by atoms with Gasteiger partial charge in [0.05, 0.1) is 0 Å². The molecule has 1 atom stereocenters. The second-order valence-corrected chi connectivity index (χ2v) is 6.13. The van der Waals surface area contributed by atoms with Gasteiger partial charge in [-0.3, -0.25) is 4.90 Å². The lowest BCUT2D eigenvalue weighted by Crippen LogP contribution is -2.36. The van der Waals surface area contributed by atoms with Crippen molar-refractivity contribution in [2.75, 3.05) is 18.9 Å². The van der Waals surface area contributed by atoms with Crippen molar-refractivity contribution in [1.82, 2.24) is 19.5 Å². The van der Waals surface area contributed by atoms with Crippen LogP contribution < -0.4 is 5.32 Å². The molecule has 0 saturated heterocycles. The van der Waals surface area contributed by atoms with Gasteiger partial charge < -0.3 is 5.32 Å². The highest BCUT2D eigenvalue weighted by Crippen LogP contribution is 2.26. The number of nitrogens with one attached hydrogen (secondary N) is 1. The highest BCUT2D eigenvalue weighted by molar-refractivity contribution is 9.10. The zero-order valence-corrected chi connectivity index (χ0v) is 12.8. The summed E-state index contributed by atoms with van der Waals surface area (Å²) in [5.41, 5.74) is 0.855. The van der Waals surface area contributed by atoms with E-state index in [1.165, 1.54) is 12.8 Å². The quantitative estimate of drug-likeness (QED) is 0.917. The molecule has 0 aromatic carbocycles. The van der Waals surface area contributed by atoms with E-state index in [-0.39, 0.29) is 0 Å². The summed E-state index contributed by atoms with van der Waals surface area (Å²) in [5, 5.41) is 7.73. The number of pyridine rings is 1. The number of likely N-dealkylation sites (N-methyl/N-ethyl adjacent to an activating group) is 1. The first-order chi connectivity index (χ1) is 9.13. The second-order valence-electron chi connectivity index (χ2n) is 5.21. The normalized spacial score (nSPS) is 17.1. The molecule has 19 heavy (non-hydrogen) atoms. The third-order valence-corrected chi connectivity index (χ3v) is 4.14. The molecule has 5 nitrogen and oxygen atoms in total. The number of hydrogen-bond acceptors (Lipinski definition) is 4. The van der Waals surface area contributed by atoms with E-state index >= 15 is 0 Å². The van der Waals surface area contributed by atoms with Crippen LogP contribution in [0.2, 0.25) is 0 Å². The Bertz CT molecular complexity index is 577. The molecular formula is C13H18BrN5. The number of fused-ring (bicyclic) bond motifs is 1. The molecule has 0 spiro atoms. The van der Waals surface area contributed by atoms with Crippen molar-refractivity contribution >= 4 is 27.5 Å². The average molecular weight is 324 g/mol. The Morgan fingerprint density at radius 3 is 3.05 bits per heavy atom. The molecule has 0 aliphatic heterocycles. The maximum Gasteiger partial charge on any atom is 0.243 e. The van der Waals surface area contributed by atoms with Crippen molar-refractivity contribution in [2.24, 2.45) is 0 Å². The Hall–Kier alpha value is -1.14. The van der Waals surface area contributed by atoms with E-state index in [9.17, 15) is 0 Å². The smallest absolute Gasteiger partial charge is 0.243 e. The first-order valence-electron chi connectivity index (χ1n) is 6.61. The van der Waals surface area contributed by atoms with Crippen molar-refractivity contribution < 1.29 is 0 Å². The Morgan fingerprint density at radius 2 is 2.32 bits per heavy atom. The number of hydrogen-bond donors (Lipinski definition) is 1. The molecule has 0 bridgehead atoms. The molecule has 0 amide bonds. The zero-order valence-electron chi connectivity index (χ0n) is 11.2. The molecule has 0 radical (unpaired) electrons. The summed E-state index contributed by atoms with van der Waals surface area (Å²) in [7, 11) is 2.19. The molecule has 1 fully saturated rings. The van der Waals surface area contributed by atoms with Gasteiger partial charge in [0.1, 0.15) is 0 Å². The standard InChI is InChI=1S/C13H18BrN5/c1-9(18(2)11-4-5-11)7-15-13-16-12-6-3-10(14)8-19(12)17-13/h3,6,8-9,11H,4-5,7H2,1-2H3,(H,15,17). The monoisotopic (exact) mass is 323 g/mol. The van der Waals surface area contributed by atoms with Crippen LogP contribution in [0.25, 0.3) is 5.65 Å². The van der Waals surface area contributed by atoms with Crippen LogP contribution in [0.1, 0.15) is 19.8 Å². The summed E-state index contributed by atoms with van der Waals surface area (Å²) in [6.07, 6.45) is 4.58. The van der Waals surface area contributed by atoms with Gasteiger partial charge in [0.2, 0.25) is 5.95 Å². The van der Waals surface area contributed by atoms with Gasteiger partial charge in [-0.1, -0.05) is 0 Å². The molecule has 2 heterocycles. The van der Waals surface area contributed by atoms with Crippen molar-refractivity contribution in [3.63, 3.8) is 0 Å². The number of halogens is 1. The van der Waals surface area contributed by atoms with Crippen molar-refractivity contribution in [2.45, 2.75) is 31.8 Å². The van der Waals surface area contributed by atoms with E-state index in [1.807, 2.05) is 18.3 Å². The summed E-state index contributed by atoms with van der Waals surface area (Å²) < 4.78 is 2.78. The third kappa shape index (κ3) is 2.90. The van der Waals surface area contributed by atoms with Gasteiger partial charge in [-0.2, -0.15) is 4.98 Å². The number of aromatic nitrogens is 3. The lowest BCUT2D eigenvalue weighted by molar-refractivity contribution is 0.257. The first-order valence-corrected chi connectivity index (χ1v) is 7.40. The van der Waals surface area contributed by atoms with E-state index < -0.39 is 0 Å². The molecule has 1 unspecified atom stereocenters. The Morgan fingerprint density at radius 1 is 1.53 bits per heavy atom. The van der Waals surface area contributed by atoms with E-state index in [0.717, 1.165) is 22.7 Å². The summed E-state index contributed by atoms with van der Waals surface area (Å²) in [4.78, 5) is 6.88. The molecule has 6 heteroatoms. The summed E-state index contributed by atoms with van der Waals surface area (Å²) in [6.45, 7) is 3.10. The van der Waals surface area contributed by atoms with E-state index in [0.29, 0.717) is 12.0 Å². The summed E-state index contributed by atoms with van der Waals surface area (Å²) in [5.74, 6) is 0.689. The van der Waals surface area contributed by atoms with Crippen LogP contribution in [-0.4, -0.2) is 45.2 Å². The van der Waals surface area contributed by atoms with E-state index in [2.05, 4.69) is 50.2 Å². The maximum atomic E-state index is 4.45. The summed E-state index contributed by atoms with van der Waals surface area (Å²) >= 11 is 3.43. The van der Waals surface area contributed by atoms with Crippen LogP contribution in [0.15, 0.2) is 22.8 Å². The Balaban J connectivity index is 1.64. The fourth-order valence-corrected chi connectivity index (χ4v) is 2.48. The van der Waals surface area contributed by atoms with Gasteiger partial charge in [0.15, 0.2) is 5.65 Å².